The van der Waals surface area contributed by atoms with E-state index >= 15 is 0 Å². The Kier molecular flexibility index (Phi) is 5.66. The molecule has 0 spiro atoms. The summed E-state index contributed by atoms with van der Waals surface area (Å²) in [5.74, 6) is 1.87. The summed E-state index contributed by atoms with van der Waals surface area (Å²) < 4.78 is 10.5. The predicted octanol–water partition coefficient (Wildman–Crippen LogP) is 4.62. The number of fused-ring (bicyclic) bond motifs is 1. The van der Waals surface area contributed by atoms with E-state index in [1.807, 2.05) is 48.5 Å². The summed E-state index contributed by atoms with van der Waals surface area (Å²) in [6.45, 7) is 0. The van der Waals surface area contributed by atoms with Gasteiger partial charge in [-0.1, -0.05) is 24.3 Å². The lowest BCUT2D eigenvalue weighted by Crippen LogP contribution is -2.12. The fraction of sp³-hybridized carbons (Fsp3) is 0.167. The fourth-order valence-electron chi connectivity index (χ4n) is 3.33. The predicted molar refractivity (Wildman–Crippen MR) is 117 cm³/mol. The van der Waals surface area contributed by atoms with Gasteiger partial charge in [-0.15, -0.1) is 0 Å². The summed E-state index contributed by atoms with van der Waals surface area (Å²) in [7, 11) is 3.11. The number of nitrogens with zero attached hydrogens (tertiary/aromatic N) is 1. The lowest BCUT2D eigenvalue weighted by atomic mass is 10.1. The molecule has 0 aliphatic carbocycles. The molecule has 3 aromatic carbocycles. The van der Waals surface area contributed by atoms with Crippen LogP contribution in [0.25, 0.3) is 11.0 Å². The van der Waals surface area contributed by atoms with Crippen LogP contribution in [-0.2, 0) is 12.8 Å². The van der Waals surface area contributed by atoms with E-state index in [0.717, 1.165) is 41.0 Å². The van der Waals surface area contributed by atoms with Crippen molar-refractivity contribution in [2.45, 2.75) is 12.8 Å². The molecule has 0 radical (unpaired) electrons. The van der Waals surface area contributed by atoms with Crippen LogP contribution in [0.15, 0.2) is 66.7 Å². The van der Waals surface area contributed by atoms with Gasteiger partial charge in [-0.25, -0.2) is 4.98 Å². The summed E-state index contributed by atoms with van der Waals surface area (Å²) in [5, 5.41) is 2.95. The molecule has 152 valence electrons. The molecule has 2 N–H and O–H groups in total. The first kappa shape index (κ1) is 19.5. The minimum absolute atomic E-state index is 0.221. The summed E-state index contributed by atoms with van der Waals surface area (Å²) in [6.07, 6.45) is 1.61. The van der Waals surface area contributed by atoms with Crippen LogP contribution in [0.2, 0.25) is 0 Å². The van der Waals surface area contributed by atoms with E-state index in [1.165, 1.54) is 0 Å². The Morgan fingerprint density at radius 1 is 0.933 bits per heavy atom. The number of benzene rings is 3. The molecule has 0 saturated carbocycles. The second kappa shape index (κ2) is 8.69. The van der Waals surface area contributed by atoms with Crippen LogP contribution in [0.5, 0.6) is 11.5 Å². The monoisotopic (exact) mass is 401 g/mol. The molecular formula is C24H23N3O3. The largest absolute Gasteiger partial charge is 0.497 e. The number of ether oxygens (including phenoxy) is 2. The fourth-order valence-corrected chi connectivity index (χ4v) is 3.33. The summed E-state index contributed by atoms with van der Waals surface area (Å²) in [4.78, 5) is 20.7. The average Bonchev–Trinajstić information content (AvgIpc) is 3.20. The maximum absolute atomic E-state index is 12.7. The van der Waals surface area contributed by atoms with E-state index in [-0.39, 0.29) is 5.91 Å². The molecule has 1 amide bonds. The highest BCUT2D eigenvalue weighted by atomic mass is 16.5. The summed E-state index contributed by atoms with van der Waals surface area (Å²) in [5.41, 5.74) is 4.35. The quantitative estimate of drug-likeness (QED) is 0.474. The third-order valence-corrected chi connectivity index (χ3v) is 4.89. The molecule has 6 heteroatoms. The number of aromatic amines is 1. The van der Waals surface area contributed by atoms with E-state index < -0.39 is 0 Å². The number of anilines is 1. The lowest BCUT2D eigenvalue weighted by Gasteiger charge is -2.10. The maximum Gasteiger partial charge on any atom is 0.255 e. The van der Waals surface area contributed by atoms with E-state index in [1.54, 1.807) is 32.4 Å². The Balaban J connectivity index is 1.44. The highest BCUT2D eigenvalue weighted by Gasteiger charge is 2.11. The van der Waals surface area contributed by atoms with Gasteiger partial charge >= 0.3 is 0 Å². The summed E-state index contributed by atoms with van der Waals surface area (Å²) in [6, 6.07) is 20.9. The Morgan fingerprint density at radius 2 is 1.70 bits per heavy atom. The van der Waals surface area contributed by atoms with Crippen LogP contribution in [0.4, 0.5) is 5.69 Å². The van der Waals surface area contributed by atoms with Gasteiger partial charge in [0.15, 0.2) is 0 Å². The second-order valence-corrected chi connectivity index (χ2v) is 6.96. The molecule has 6 nitrogen and oxygen atoms in total. The third-order valence-electron chi connectivity index (χ3n) is 4.89. The number of methoxy groups -OCH3 is 2. The minimum atomic E-state index is -0.221. The van der Waals surface area contributed by atoms with Crippen molar-refractivity contribution in [3.8, 4) is 11.5 Å². The van der Waals surface area contributed by atoms with Crippen molar-refractivity contribution in [2.24, 2.45) is 0 Å². The molecular weight excluding hydrogens is 378 g/mol. The molecule has 0 aliphatic heterocycles. The number of imidazole rings is 1. The van der Waals surface area contributed by atoms with Crippen molar-refractivity contribution in [1.29, 1.82) is 0 Å². The second-order valence-electron chi connectivity index (χ2n) is 6.96. The molecule has 1 heterocycles. The van der Waals surface area contributed by atoms with E-state index in [4.69, 9.17) is 9.47 Å². The highest BCUT2D eigenvalue weighted by molar-refractivity contribution is 6.04. The van der Waals surface area contributed by atoms with Crippen molar-refractivity contribution in [2.75, 3.05) is 19.5 Å². The molecule has 0 saturated heterocycles. The van der Waals surface area contributed by atoms with Gasteiger partial charge in [-0.05, 0) is 48.4 Å². The van der Waals surface area contributed by atoms with Crippen LogP contribution in [0, 0.1) is 0 Å². The van der Waals surface area contributed by atoms with E-state index in [2.05, 4.69) is 15.3 Å². The molecule has 4 rings (SSSR count). The van der Waals surface area contributed by atoms with Gasteiger partial charge in [-0.3, -0.25) is 4.79 Å². The third kappa shape index (κ3) is 4.43. The standard InChI is InChI=1S/C24H23N3O3/c1-29-19-13-17(14-20(15-19)30-2)24(28)25-18-7-5-6-16(12-18)10-11-23-26-21-8-3-4-9-22(21)27-23/h3-9,12-15H,10-11H2,1-2H3,(H,25,28)(H,26,27). The van der Waals surface area contributed by atoms with Crippen LogP contribution < -0.4 is 14.8 Å². The molecule has 0 fully saturated rings. The van der Waals surface area contributed by atoms with Crippen LogP contribution in [-0.4, -0.2) is 30.1 Å². The smallest absolute Gasteiger partial charge is 0.255 e. The number of para-hydroxylation sites is 2. The SMILES string of the molecule is COc1cc(OC)cc(C(=O)Nc2cccc(CCc3nc4ccccc4[nH]3)c2)c1. The zero-order valence-electron chi connectivity index (χ0n) is 16.9. The van der Waals surface area contributed by atoms with Gasteiger partial charge in [0.25, 0.3) is 5.91 Å². The molecule has 4 aromatic rings. The van der Waals surface area contributed by atoms with Gasteiger partial charge < -0.3 is 19.8 Å². The number of aromatic nitrogens is 2. The normalized spacial score (nSPS) is 10.7. The number of rotatable bonds is 7. The number of hydrogen-bond acceptors (Lipinski definition) is 4. The Bertz CT molecular complexity index is 1130. The highest BCUT2D eigenvalue weighted by Crippen LogP contribution is 2.23. The van der Waals surface area contributed by atoms with Crippen LogP contribution >= 0.6 is 0 Å². The average molecular weight is 401 g/mol. The number of aryl methyl sites for hydroxylation is 2. The zero-order chi connectivity index (χ0) is 20.9. The first-order chi connectivity index (χ1) is 14.6. The maximum atomic E-state index is 12.7. The zero-order valence-corrected chi connectivity index (χ0v) is 16.9. The Morgan fingerprint density at radius 3 is 2.43 bits per heavy atom. The van der Waals surface area contributed by atoms with Gasteiger partial charge in [0.1, 0.15) is 17.3 Å². The van der Waals surface area contributed by atoms with Gasteiger partial charge in [0.2, 0.25) is 0 Å². The Hall–Kier alpha value is -3.80. The minimum Gasteiger partial charge on any atom is -0.497 e. The molecule has 0 unspecified atom stereocenters. The van der Waals surface area contributed by atoms with Gasteiger partial charge in [0.05, 0.1) is 25.3 Å². The first-order valence-corrected chi connectivity index (χ1v) is 9.71. The molecule has 1 aromatic heterocycles. The number of nitrogens with one attached hydrogen (secondary N) is 2. The number of carbonyl (C=O) groups is 1. The van der Waals surface area contributed by atoms with Gasteiger partial charge in [0, 0.05) is 23.7 Å². The number of hydrogen-bond donors (Lipinski definition) is 2. The molecule has 30 heavy (non-hydrogen) atoms. The van der Waals surface area contributed by atoms with E-state index in [0.29, 0.717) is 17.1 Å². The van der Waals surface area contributed by atoms with Crippen molar-refractivity contribution in [3.63, 3.8) is 0 Å². The van der Waals surface area contributed by atoms with Crippen LogP contribution in [0.3, 0.4) is 0 Å². The van der Waals surface area contributed by atoms with Crippen molar-refractivity contribution >= 4 is 22.6 Å². The number of H-pyrrole nitrogens is 1. The van der Waals surface area contributed by atoms with Crippen molar-refractivity contribution in [3.05, 3.63) is 83.7 Å². The van der Waals surface area contributed by atoms with Crippen LogP contribution in [0.1, 0.15) is 21.7 Å². The molecule has 0 atom stereocenters. The van der Waals surface area contributed by atoms with Crippen molar-refractivity contribution < 1.29 is 14.3 Å². The van der Waals surface area contributed by atoms with Crippen molar-refractivity contribution in [1.82, 2.24) is 9.97 Å². The Labute approximate surface area is 174 Å². The number of carbonyl (C=O) groups excluding carboxylic acids is 1. The number of amides is 1. The summed E-state index contributed by atoms with van der Waals surface area (Å²) >= 11 is 0. The molecule has 0 bridgehead atoms. The van der Waals surface area contributed by atoms with E-state index in [9.17, 15) is 4.79 Å². The lowest BCUT2D eigenvalue weighted by molar-refractivity contribution is 0.102. The first-order valence-electron chi connectivity index (χ1n) is 9.71. The molecule has 0 aliphatic rings. The topological polar surface area (TPSA) is 76.2 Å². The van der Waals surface area contributed by atoms with Gasteiger partial charge in [-0.2, -0.15) is 0 Å².